The molecule has 5 heteroatoms. The maximum absolute atomic E-state index is 5.58. The third-order valence-corrected chi connectivity index (χ3v) is 4.97. The number of nitrogens with one attached hydrogen (secondary N) is 2. The highest BCUT2D eigenvalue weighted by molar-refractivity contribution is 7.80. The second-order valence-electron chi connectivity index (χ2n) is 6.56. The number of ether oxygens (including phenoxy) is 2. The smallest absolute Gasteiger partial charge is 0.167 e. The van der Waals surface area contributed by atoms with Crippen LogP contribution in [0.3, 0.4) is 0 Å². The van der Waals surface area contributed by atoms with Crippen LogP contribution in [-0.4, -0.2) is 25.9 Å². The minimum absolute atomic E-state index is 0.0104. The van der Waals surface area contributed by atoms with E-state index in [1.165, 1.54) is 0 Å². The van der Waals surface area contributed by atoms with Gasteiger partial charge in [-0.1, -0.05) is 72.8 Å². The molecule has 0 heterocycles. The fraction of sp³-hybridized carbons (Fsp3) is 0.208. The zero-order valence-electron chi connectivity index (χ0n) is 16.7. The normalized spacial score (nSPS) is 10.4. The van der Waals surface area contributed by atoms with E-state index in [0.717, 1.165) is 34.6 Å². The van der Waals surface area contributed by atoms with Gasteiger partial charge in [-0.2, -0.15) is 0 Å². The molecule has 0 atom stereocenters. The molecule has 3 aromatic rings. The first-order chi connectivity index (χ1) is 14.2. The zero-order valence-corrected chi connectivity index (χ0v) is 17.5. The molecule has 0 aromatic heterocycles. The Morgan fingerprint density at radius 2 is 1.45 bits per heavy atom. The fourth-order valence-corrected chi connectivity index (χ4v) is 3.51. The Hall–Kier alpha value is -3.05. The van der Waals surface area contributed by atoms with Crippen molar-refractivity contribution in [2.45, 2.75) is 12.5 Å². The number of rotatable bonds is 8. The first kappa shape index (κ1) is 20.7. The molecule has 3 rings (SSSR count). The summed E-state index contributed by atoms with van der Waals surface area (Å²) < 4.78 is 10.9. The molecular weight excluding hydrogens is 380 g/mol. The van der Waals surface area contributed by atoms with Crippen LogP contribution in [0.1, 0.15) is 22.7 Å². The molecule has 0 unspecified atom stereocenters. The van der Waals surface area contributed by atoms with E-state index in [0.29, 0.717) is 11.7 Å². The second kappa shape index (κ2) is 10.5. The summed E-state index contributed by atoms with van der Waals surface area (Å²) in [5, 5.41) is 7.38. The summed E-state index contributed by atoms with van der Waals surface area (Å²) in [5.41, 5.74) is 3.40. The van der Waals surface area contributed by atoms with Gasteiger partial charge in [-0.05, 0) is 41.4 Å². The quantitative estimate of drug-likeness (QED) is 0.539. The Balaban J connectivity index is 1.64. The third kappa shape index (κ3) is 5.48. The van der Waals surface area contributed by atoms with E-state index in [2.05, 4.69) is 34.9 Å². The van der Waals surface area contributed by atoms with Crippen LogP contribution in [0.4, 0.5) is 0 Å². The summed E-state index contributed by atoms with van der Waals surface area (Å²) in [5.74, 6) is 1.50. The van der Waals surface area contributed by atoms with Crippen LogP contribution in [0.25, 0.3) is 0 Å². The van der Waals surface area contributed by atoms with Gasteiger partial charge in [0.05, 0.1) is 20.3 Å². The Bertz CT molecular complexity index is 877. The minimum Gasteiger partial charge on any atom is -0.493 e. The first-order valence-electron chi connectivity index (χ1n) is 9.57. The monoisotopic (exact) mass is 406 g/mol. The maximum Gasteiger partial charge on any atom is 0.167 e. The summed E-state index contributed by atoms with van der Waals surface area (Å²) >= 11 is 5.58. The molecule has 0 aliphatic heterocycles. The van der Waals surface area contributed by atoms with Crippen molar-refractivity contribution in [3.05, 3.63) is 95.6 Å². The number of methoxy groups -OCH3 is 2. The van der Waals surface area contributed by atoms with Crippen molar-refractivity contribution in [3.63, 3.8) is 0 Å². The molecule has 150 valence electrons. The van der Waals surface area contributed by atoms with E-state index in [1.807, 2.05) is 54.6 Å². The van der Waals surface area contributed by atoms with Crippen molar-refractivity contribution in [3.8, 4) is 11.5 Å². The highest BCUT2D eigenvalue weighted by Gasteiger charge is 2.15. The number of benzene rings is 3. The molecule has 2 N–H and O–H groups in total. The van der Waals surface area contributed by atoms with Gasteiger partial charge in [-0.3, -0.25) is 0 Å². The molecule has 0 radical (unpaired) electrons. The molecule has 0 aliphatic carbocycles. The SMILES string of the molecule is COc1cccc(CCNC(=S)NC(c2ccccc2)c2ccccc2)c1OC. The molecule has 29 heavy (non-hydrogen) atoms. The summed E-state index contributed by atoms with van der Waals surface area (Å²) in [6.07, 6.45) is 0.767. The maximum atomic E-state index is 5.58. The summed E-state index contributed by atoms with van der Waals surface area (Å²) in [7, 11) is 3.30. The molecule has 0 amide bonds. The average Bonchev–Trinajstić information content (AvgIpc) is 2.78. The third-order valence-electron chi connectivity index (χ3n) is 4.71. The van der Waals surface area contributed by atoms with E-state index in [4.69, 9.17) is 21.7 Å². The number of para-hydroxylation sites is 1. The zero-order chi connectivity index (χ0) is 20.5. The van der Waals surface area contributed by atoms with Gasteiger partial charge in [0.1, 0.15) is 0 Å². The predicted octanol–water partition coefficient (Wildman–Crippen LogP) is 4.50. The lowest BCUT2D eigenvalue weighted by atomic mass is 9.99. The highest BCUT2D eigenvalue weighted by Crippen LogP contribution is 2.30. The van der Waals surface area contributed by atoms with Gasteiger partial charge in [0, 0.05) is 6.54 Å². The highest BCUT2D eigenvalue weighted by atomic mass is 32.1. The van der Waals surface area contributed by atoms with Crippen molar-refractivity contribution in [1.82, 2.24) is 10.6 Å². The van der Waals surface area contributed by atoms with Gasteiger partial charge >= 0.3 is 0 Å². The minimum atomic E-state index is -0.0104. The van der Waals surface area contributed by atoms with E-state index in [9.17, 15) is 0 Å². The van der Waals surface area contributed by atoms with Crippen molar-refractivity contribution in [1.29, 1.82) is 0 Å². The van der Waals surface area contributed by atoms with Crippen molar-refractivity contribution in [2.75, 3.05) is 20.8 Å². The van der Waals surface area contributed by atoms with Gasteiger partial charge in [-0.15, -0.1) is 0 Å². The molecule has 4 nitrogen and oxygen atoms in total. The molecule has 0 fully saturated rings. The standard InChI is InChI=1S/C24H26N2O2S/c1-27-21-15-9-14-20(23(21)28-2)16-17-25-24(29)26-22(18-10-5-3-6-11-18)19-12-7-4-8-13-19/h3-15,22H,16-17H2,1-2H3,(H2,25,26,29). The Morgan fingerprint density at radius 1 is 0.828 bits per heavy atom. The lowest BCUT2D eigenvalue weighted by molar-refractivity contribution is 0.351. The Labute approximate surface area is 177 Å². The molecular formula is C24H26N2O2S. The first-order valence-corrected chi connectivity index (χ1v) is 9.98. The lowest BCUT2D eigenvalue weighted by Gasteiger charge is -2.22. The molecule has 0 saturated heterocycles. The summed E-state index contributed by atoms with van der Waals surface area (Å²) in [4.78, 5) is 0. The van der Waals surface area contributed by atoms with Crippen LogP contribution in [0.5, 0.6) is 11.5 Å². The number of hydrogen-bond donors (Lipinski definition) is 2. The van der Waals surface area contributed by atoms with Gasteiger partial charge in [0.2, 0.25) is 0 Å². The van der Waals surface area contributed by atoms with Gasteiger partial charge in [0.15, 0.2) is 16.6 Å². The average molecular weight is 407 g/mol. The molecule has 3 aromatic carbocycles. The van der Waals surface area contributed by atoms with Crippen LogP contribution in [0, 0.1) is 0 Å². The summed E-state index contributed by atoms with van der Waals surface area (Å²) in [6, 6.07) is 26.5. The largest absolute Gasteiger partial charge is 0.493 e. The molecule has 0 bridgehead atoms. The fourth-order valence-electron chi connectivity index (χ4n) is 3.29. The Kier molecular flexibility index (Phi) is 7.47. The van der Waals surface area contributed by atoms with E-state index in [-0.39, 0.29) is 6.04 Å². The molecule has 0 saturated carbocycles. The lowest BCUT2D eigenvalue weighted by Crippen LogP contribution is -2.39. The molecule has 0 aliphatic rings. The van der Waals surface area contributed by atoms with Crippen LogP contribution >= 0.6 is 12.2 Å². The summed E-state index contributed by atoms with van der Waals surface area (Å²) in [6.45, 7) is 0.686. The van der Waals surface area contributed by atoms with Crippen LogP contribution in [0.2, 0.25) is 0 Å². The van der Waals surface area contributed by atoms with Crippen LogP contribution in [0.15, 0.2) is 78.9 Å². The van der Waals surface area contributed by atoms with Gasteiger partial charge < -0.3 is 20.1 Å². The van der Waals surface area contributed by atoms with E-state index >= 15 is 0 Å². The number of thiocarbonyl (C=S) groups is 1. The predicted molar refractivity (Wildman–Crippen MR) is 122 cm³/mol. The van der Waals surface area contributed by atoms with Gasteiger partial charge in [-0.25, -0.2) is 0 Å². The van der Waals surface area contributed by atoms with E-state index in [1.54, 1.807) is 14.2 Å². The van der Waals surface area contributed by atoms with Crippen molar-refractivity contribution < 1.29 is 9.47 Å². The van der Waals surface area contributed by atoms with Gasteiger partial charge in [0.25, 0.3) is 0 Å². The topological polar surface area (TPSA) is 42.5 Å². The van der Waals surface area contributed by atoms with Crippen molar-refractivity contribution in [2.24, 2.45) is 0 Å². The van der Waals surface area contributed by atoms with E-state index < -0.39 is 0 Å². The second-order valence-corrected chi connectivity index (χ2v) is 6.97. The van der Waals surface area contributed by atoms with Crippen molar-refractivity contribution >= 4 is 17.3 Å². The van der Waals surface area contributed by atoms with Crippen LogP contribution < -0.4 is 20.1 Å². The Morgan fingerprint density at radius 3 is 2.00 bits per heavy atom. The number of hydrogen-bond acceptors (Lipinski definition) is 3. The molecule has 0 spiro atoms. The van der Waals surface area contributed by atoms with Crippen LogP contribution in [-0.2, 0) is 6.42 Å².